The van der Waals surface area contributed by atoms with Gasteiger partial charge in [0, 0.05) is 24.2 Å². The molecule has 0 radical (unpaired) electrons. The Kier molecular flexibility index (Phi) is 3.28. The SMILES string of the molecule is CNCCc1nc(-c2ccc3nc(C)[nH]c3c2)c(C)[nH]1. The number of hydrogen-bond acceptors (Lipinski definition) is 3. The molecule has 5 nitrogen and oxygen atoms in total. The number of nitrogens with one attached hydrogen (secondary N) is 3. The Labute approximate surface area is 117 Å². The van der Waals surface area contributed by atoms with Gasteiger partial charge >= 0.3 is 0 Å². The molecule has 0 aliphatic heterocycles. The fraction of sp³-hybridized carbons (Fsp3) is 0.333. The van der Waals surface area contributed by atoms with Gasteiger partial charge in [-0.1, -0.05) is 6.07 Å². The van der Waals surface area contributed by atoms with Crippen molar-refractivity contribution in [2.45, 2.75) is 20.3 Å². The third-order valence-electron chi connectivity index (χ3n) is 3.42. The number of rotatable bonds is 4. The topological polar surface area (TPSA) is 69.4 Å². The third-order valence-corrected chi connectivity index (χ3v) is 3.42. The van der Waals surface area contributed by atoms with Gasteiger partial charge < -0.3 is 15.3 Å². The van der Waals surface area contributed by atoms with E-state index in [9.17, 15) is 0 Å². The van der Waals surface area contributed by atoms with Crippen LogP contribution in [0.5, 0.6) is 0 Å². The van der Waals surface area contributed by atoms with Crippen molar-refractivity contribution >= 4 is 11.0 Å². The lowest BCUT2D eigenvalue weighted by molar-refractivity contribution is 0.763. The van der Waals surface area contributed by atoms with Crippen molar-refractivity contribution in [1.29, 1.82) is 0 Å². The summed E-state index contributed by atoms with van der Waals surface area (Å²) in [6.45, 7) is 4.95. The zero-order valence-corrected chi connectivity index (χ0v) is 12.0. The van der Waals surface area contributed by atoms with Gasteiger partial charge in [0.25, 0.3) is 0 Å². The number of benzene rings is 1. The van der Waals surface area contributed by atoms with Crippen LogP contribution in [0.3, 0.4) is 0 Å². The van der Waals surface area contributed by atoms with Crippen molar-refractivity contribution in [2.24, 2.45) is 0 Å². The third kappa shape index (κ3) is 2.32. The summed E-state index contributed by atoms with van der Waals surface area (Å²) in [6.07, 6.45) is 0.906. The minimum atomic E-state index is 0.906. The van der Waals surface area contributed by atoms with Crippen LogP contribution in [0.2, 0.25) is 0 Å². The van der Waals surface area contributed by atoms with Gasteiger partial charge in [0.15, 0.2) is 0 Å². The second-order valence-electron chi connectivity index (χ2n) is 5.06. The lowest BCUT2D eigenvalue weighted by Gasteiger charge is -1.98. The lowest BCUT2D eigenvalue weighted by atomic mass is 10.1. The molecule has 3 aromatic rings. The molecule has 0 spiro atoms. The van der Waals surface area contributed by atoms with E-state index >= 15 is 0 Å². The van der Waals surface area contributed by atoms with E-state index in [0.29, 0.717) is 0 Å². The highest BCUT2D eigenvalue weighted by atomic mass is 14.9. The van der Waals surface area contributed by atoms with Crippen molar-refractivity contribution < 1.29 is 0 Å². The number of aromatic amines is 2. The zero-order valence-electron chi connectivity index (χ0n) is 12.0. The fourth-order valence-corrected chi connectivity index (χ4v) is 2.45. The monoisotopic (exact) mass is 269 g/mol. The van der Waals surface area contributed by atoms with Gasteiger partial charge in [0.1, 0.15) is 11.6 Å². The largest absolute Gasteiger partial charge is 0.346 e. The number of aryl methyl sites for hydroxylation is 2. The molecule has 2 heterocycles. The van der Waals surface area contributed by atoms with Crippen molar-refractivity contribution in [3.63, 3.8) is 0 Å². The Bertz CT molecular complexity index is 738. The van der Waals surface area contributed by atoms with Crippen LogP contribution in [0.25, 0.3) is 22.3 Å². The molecule has 3 N–H and O–H groups in total. The molecule has 3 rings (SSSR count). The summed E-state index contributed by atoms with van der Waals surface area (Å²) in [6, 6.07) is 6.23. The Morgan fingerprint density at radius 1 is 1.15 bits per heavy atom. The van der Waals surface area contributed by atoms with Crippen LogP contribution >= 0.6 is 0 Å². The molecule has 0 aliphatic rings. The molecule has 0 saturated heterocycles. The molecule has 0 amide bonds. The summed E-state index contributed by atoms with van der Waals surface area (Å²) >= 11 is 0. The molecule has 104 valence electrons. The summed E-state index contributed by atoms with van der Waals surface area (Å²) in [7, 11) is 1.95. The number of likely N-dealkylation sites (N-methyl/N-ethyl adjacent to an activating group) is 1. The lowest BCUT2D eigenvalue weighted by Crippen LogP contribution is -2.11. The molecule has 0 fully saturated rings. The molecule has 0 unspecified atom stereocenters. The van der Waals surface area contributed by atoms with Crippen molar-refractivity contribution in [1.82, 2.24) is 25.3 Å². The normalized spacial score (nSPS) is 11.3. The molecule has 0 saturated carbocycles. The maximum atomic E-state index is 4.70. The summed E-state index contributed by atoms with van der Waals surface area (Å²) in [5, 5.41) is 3.14. The summed E-state index contributed by atoms with van der Waals surface area (Å²) in [5.41, 5.74) is 5.29. The smallest absolute Gasteiger partial charge is 0.108 e. The Balaban J connectivity index is 1.99. The maximum Gasteiger partial charge on any atom is 0.108 e. The highest BCUT2D eigenvalue weighted by Gasteiger charge is 2.10. The average molecular weight is 269 g/mol. The second kappa shape index (κ2) is 5.09. The van der Waals surface area contributed by atoms with Gasteiger partial charge in [-0.15, -0.1) is 0 Å². The zero-order chi connectivity index (χ0) is 14.1. The van der Waals surface area contributed by atoms with Crippen LogP contribution < -0.4 is 5.32 Å². The summed E-state index contributed by atoms with van der Waals surface area (Å²) in [4.78, 5) is 15.7. The van der Waals surface area contributed by atoms with Crippen LogP contribution in [0.4, 0.5) is 0 Å². The van der Waals surface area contributed by atoms with Gasteiger partial charge in [-0.25, -0.2) is 9.97 Å². The Morgan fingerprint density at radius 2 is 2.00 bits per heavy atom. The van der Waals surface area contributed by atoms with Gasteiger partial charge in [-0.3, -0.25) is 0 Å². The van der Waals surface area contributed by atoms with Crippen molar-refractivity contribution in [3.05, 3.63) is 35.5 Å². The maximum absolute atomic E-state index is 4.70. The van der Waals surface area contributed by atoms with Crippen LogP contribution in [-0.2, 0) is 6.42 Å². The predicted molar refractivity (Wildman–Crippen MR) is 80.8 cm³/mol. The number of imidazole rings is 2. The highest BCUT2D eigenvalue weighted by Crippen LogP contribution is 2.24. The summed E-state index contributed by atoms with van der Waals surface area (Å²) in [5.74, 6) is 1.96. The van der Waals surface area contributed by atoms with Crippen LogP contribution in [0.15, 0.2) is 18.2 Å². The second-order valence-corrected chi connectivity index (χ2v) is 5.06. The summed E-state index contributed by atoms with van der Waals surface area (Å²) < 4.78 is 0. The van der Waals surface area contributed by atoms with E-state index in [1.165, 1.54) is 0 Å². The molecular weight excluding hydrogens is 250 g/mol. The van der Waals surface area contributed by atoms with E-state index in [2.05, 4.69) is 39.3 Å². The Morgan fingerprint density at radius 3 is 2.80 bits per heavy atom. The molecule has 1 aromatic carbocycles. The minimum absolute atomic E-state index is 0.906. The van der Waals surface area contributed by atoms with Crippen LogP contribution in [0.1, 0.15) is 17.3 Å². The van der Waals surface area contributed by atoms with Crippen LogP contribution in [0, 0.1) is 13.8 Å². The first-order valence-electron chi connectivity index (χ1n) is 6.84. The van der Waals surface area contributed by atoms with E-state index in [-0.39, 0.29) is 0 Å². The van der Waals surface area contributed by atoms with E-state index in [1.807, 2.05) is 20.0 Å². The van der Waals surface area contributed by atoms with E-state index < -0.39 is 0 Å². The highest BCUT2D eigenvalue weighted by molar-refractivity contribution is 5.81. The Hall–Kier alpha value is -2.14. The van der Waals surface area contributed by atoms with Crippen molar-refractivity contribution in [3.8, 4) is 11.3 Å². The van der Waals surface area contributed by atoms with E-state index in [4.69, 9.17) is 4.98 Å². The number of nitrogens with zero attached hydrogens (tertiary/aromatic N) is 2. The number of H-pyrrole nitrogens is 2. The number of aromatic nitrogens is 4. The molecule has 20 heavy (non-hydrogen) atoms. The van der Waals surface area contributed by atoms with Gasteiger partial charge in [-0.05, 0) is 33.0 Å². The standard InChI is InChI=1S/C15H19N5/c1-9-15(20-14(17-9)6-7-16-3)11-4-5-12-13(8-11)19-10(2)18-12/h4-5,8,16H,6-7H2,1-3H3,(H,17,20)(H,18,19). The fourth-order valence-electron chi connectivity index (χ4n) is 2.45. The molecule has 2 aromatic heterocycles. The predicted octanol–water partition coefficient (Wildman–Crippen LogP) is 2.33. The first kappa shape index (κ1) is 12.9. The molecule has 0 bridgehead atoms. The number of fused-ring (bicyclic) bond motifs is 1. The van der Waals surface area contributed by atoms with Gasteiger partial charge in [0.2, 0.25) is 0 Å². The molecule has 5 heteroatoms. The van der Waals surface area contributed by atoms with Crippen molar-refractivity contribution in [2.75, 3.05) is 13.6 Å². The first-order valence-corrected chi connectivity index (χ1v) is 6.84. The van der Waals surface area contributed by atoms with Gasteiger partial charge in [0.05, 0.1) is 16.7 Å². The molecule has 0 aliphatic carbocycles. The first-order chi connectivity index (χ1) is 9.67. The van der Waals surface area contributed by atoms with E-state index in [1.54, 1.807) is 0 Å². The number of hydrogen-bond donors (Lipinski definition) is 3. The quantitative estimate of drug-likeness (QED) is 0.681. The molecular formula is C15H19N5. The average Bonchev–Trinajstić information content (AvgIpc) is 2.97. The molecule has 0 atom stereocenters. The van der Waals surface area contributed by atoms with E-state index in [0.717, 1.165) is 52.6 Å². The van der Waals surface area contributed by atoms with Crippen LogP contribution in [-0.4, -0.2) is 33.5 Å². The minimum Gasteiger partial charge on any atom is -0.346 e. The van der Waals surface area contributed by atoms with Gasteiger partial charge in [-0.2, -0.15) is 0 Å².